The smallest absolute Gasteiger partial charge is 0.266 e. The Morgan fingerprint density at radius 3 is 2.60 bits per heavy atom. The van der Waals surface area contributed by atoms with E-state index in [1.165, 1.54) is 0 Å². The minimum Gasteiger partial charge on any atom is -0.361 e. The van der Waals surface area contributed by atoms with E-state index in [-0.39, 0.29) is 5.56 Å². The maximum absolute atomic E-state index is 13.4. The largest absolute Gasteiger partial charge is 0.361 e. The second kappa shape index (κ2) is 7.74. The number of H-pyrrole nitrogens is 1. The van der Waals surface area contributed by atoms with E-state index in [0.717, 1.165) is 25.7 Å². The Morgan fingerprint density at radius 2 is 1.77 bits per heavy atom. The number of aromatic amines is 1. The predicted octanol–water partition coefficient (Wildman–Crippen LogP) is 6.30. The molecule has 0 bridgehead atoms. The van der Waals surface area contributed by atoms with E-state index in [4.69, 9.17) is 16.6 Å². The van der Waals surface area contributed by atoms with Gasteiger partial charge in [-0.05, 0) is 88.8 Å². The zero-order chi connectivity index (χ0) is 20.7. The van der Waals surface area contributed by atoms with Crippen molar-refractivity contribution in [3.05, 3.63) is 103 Å². The van der Waals surface area contributed by atoms with Crippen LogP contribution in [0.25, 0.3) is 39.6 Å². The fourth-order valence-corrected chi connectivity index (χ4v) is 4.14. The van der Waals surface area contributed by atoms with Gasteiger partial charge in [0.25, 0.3) is 5.56 Å². The number of rotatable bonds is 3. The molecule has 5 aromatic rings. The minimum atomic E-state index is -0.112. The van der Waals surface area contributed by atoms with Crippen LogP contribution in [-0.2, 0) is 0 Å². The average Bonchev–Trinajstić information content (AvgIpc) is 3.17. The van der Waals surface area contributed by atoms with E-state index >= 15 is 0 Å². The molecule has 0 aliphatic carbocycles. The molecule has 0 radical (unpaired) electrons. The Hall–Kier alpha value is -2.90. The lowest BCUT2D eigenvalue weighted by molar-refractivity contribution is 0.944. The molecule has 0 aliphatic rings. The third-order valence-corrected chi connectivity index (χ3v) is 5.90. The summed E-state index contributed by atoms with van der Waals surface area (Å²) >= 11 is 8.26. The van der Waals surface area contributed by atoms with Crippen molar-refractivity contribution in [2.45, 2.75) is 0 Å². The SMILES string of the molecule is O=c1c2cc(I)ccc2nc(C=Cc2c[nH]c3ccccc23)n1-c1ccc(Cl)cc1. The number of fused-ring (bicyclic) bond motifs is 2. The fourth-order valence-electron chi connectivity index (χ4n) is 3.52. The van der Waals surface area contributed by atoms with E-state index in [1.807, 2.05) is 66.9 Å². The van der Waals surface area contributed by atoms with Crippen LogP contribution in [0, 0.1) is 3.57 Å². The normalized spacial score (nSPS) is 11.7. The zero-order valence-electron chi connectivity index (χ0n) is 15.6. The first-order valence-electron chi connectivity index (χ1n) is 9.32. The molecule has 146 valence electrons. The summed E-state index contributed by atoms with van der Waals surface area (Å²) in [7, 11) is 0. The summed E-state index contributed by atoms with van der Waals surface area (Å²) in [4.78, 5) is 21.5. The number of halogens is 2. The third kappa shape index (κ3) is 3.44. The summed E-state index contributed by atoms with van der Waals surface area (Å²) in [6.45, 7) is 0. The van der Waals surface area contributed by atoms with Gasteiger partial charge in [0.2, 0.25) is 0 Å². The molecule has 30 heavy (non-hydrogen) atoms. The topological polar surface area (TPSA) is 50.7 Å². The van der Waals surface area contributed by atoms with Crippen LogP contribution in [0.4, 0.5) is 0 Å². The molecular formula is C24H15ClIN3O. The highest BCUT2D eigenvalue weighted by Gasteiger charge is 2.12. The van der Waals surface area contributed by atoms with Gasteiger partial charge in [0.1, 0.15) is 5.82 Å². The summed E-state index contributed by atoms with van der Waals surface area (Å²) in [6.07, 6.45) is 5.81. The van der Waals surface area contributed by atoms with Crippen molar-refractivity contribution in [3.63, 3.8) is 0 Å². The van der Waals surface area contributed by atoms with Crippen LogP contribution in [0.1, 0.15) is 11.4 Å². The molecule has 0 unspecified atom stereocenters. The first-order chi connectivity index (χ1) is 14.6. The molecule has 0 atom stereocenters. The van der Waals surface area contributed by atoms with Crippen molar-refractivity contribution in [2.75, 3.05) is 0 Å². The Labute approximate surface area is 191 Å². The van der Waals surface area contributed by atoms with Gasteiger partial charge >= 0.3 is 0 Å². The Balaban J connectivity index is 1.73. The van der Waals surface area contributed by atoms with Crippen molar-refractivity contribution < 1.29 is 0 Å². The van der Waals surface area contributed by atoms with E-state index in [1.54, 1.807) is 16.7 Å². The van der Waals surface area contributed by atoms with Crippen molar-refractivity contribution in [1.29, 1.82) is 0 Å². The van der Waals surface area contributed by atoms with Gasteiger partial charge in [-0.25, -0.2) is 4.98 Å². The van der Waals surface area contributed by atoms with E-state index in [0.29, 0.717) is 21.7 Å². The molecule has 4 nitrogen and oxygen atoms in total. The van der Waals surface area contributed by atoms with Crippen molar-refractivity contribution in [3.8, 4) is 5.69 Å². The molecule has 0 spiro atoms. The lowest BCUT2D eigenvalue weighted by Gasteiger charge is -2.12. The number of benzene rings is 3. The number of nitrogens with one attached hydrogen (secondary N) is 1. The highest BCUT2D eigenvalue weighted by atomic mass is 127. The average molecular weight is 524 g/mol. The van der Waals surface area contributed by atoms with Gasteiger partial charge in [-0.15, -0.1) is 0 Å². The maximum Gasteiger partial charge on any atom is 0.266 e. The van der Waals surface area contributed by atoms with Gasteiger partial charge < -0.3 is 4.98 Å². The molecule has 1 N–H and O–H groups in total. The maximum atomic E-state index is 13.4. The molecule has 2 heterocycles. The number of aromatic nitrogens is 3. The fraction of sp³-hybridized carbons (Fsp3) is 0. The third-order valence-electron chi connectivity index (χ3n) is 4.97. The second-order valence-corrected chi connectivity index (χ2v) is 8.55. The highest BCUT2D eigenvalue weighted by molar-refractivity contribution is 14.1. The van der Waals surface area contributed by atoms with Gasteiger partial charge in [-0.3, -0.25) is 9.36 Å². The van der Waals surface area contributed by atoms with Crippen molar-refractivity contribution in [1.82, 2.24) is 14.5 Å². The Morgan fingerprint density at radius 1 is 0.967 bits per heavy atom. The van der Waals surface area contributed by atoms with Gasteiger partial charge in [0, 0.05) is 25.7 Å². The van der Waals surface area contributed by atoms with Gasteiger partial charge in [-0.1, -0.05) is 29.8 Å². The summed E-state index contributed by atoms with van der Waals surface area (Å²) < 4.78 is 2.61. The molecule has 0 fully saturated rings. The molecule has 6 heteroatoms. The number of hydrogen-bond donors (Lipinski definition) is 1. The van der Waals surface area contributed by atoms with Crippen LogP contribution < -0.4 is 5.56 Å². The molecular weight excluding hydrogens is 509 g/mol. The van der Waals surface area contributed by atoms with Crippen LogP contribution in [0.3, 0.4) is 0 Å². The first kappa shape index (κ1) is 19.1. The van der Waals surface area contributed by atoms with Crippen molar-refractivity contribution >= 4 is 68.1 Å². The van der Waals surface area contributed by atoms with E-state index in [2.05, 4.69) is 33.6 Å². The Bertz CT molecular complexity index is 1480. The van der Waals surface area contributed by atoms with E-state index in [9.17, 15) is 4.79 Å². The highest BCUT2D eigenvalue weighted by Crippen LogP contribution is 2.22. The standard InChI is InChI=1S/C24H15ClIN3O/c25-16-6-9-18(10-7-16)29-23(28-22-11-8-17(26)13-20(22)24(29)30)12-5-15-14-27-21-4-2-1-3-19(15)21/h1-14,27H. The van der Waals surface area contributed by atoms with Crippen LogP contribution in [0.5, 0.6) is 0 Å². The summed E-state index contributed by atoms with van der Waals surface area (Å²) in [5.41, 5.74) is 3.37. The summed E-state index contributed by atoms with van der Waals surface area (Å²) in [6, 6.07) is 21.0. The van der Waals surface area contributed by atoms with Crippen LogP contribution in [0.15, 0.2) is 77.7 Å². The minimum absolute atomic E-state index is 0.112. The Kier molecular flexibility index (Phi) is 4.92. The van der Waals surface area contributed by atoms with Crippen LogP contribution in [-0.4, -0.2) is 14.5 Å². The molecule has 0 saturated carbocycles. The lowest BCUT2D eigenvalue weighted by atomic mass is 10.1. The van der Waals surface area contributed by atoms with Gasteiger partial charge in [0.05, 0.1) is 16.6 Å². The monoisotopic (exact) mass is 523 g/mol. The number of para-hydroxylation sites is 1. The zero-order valence-corrected chi connectivity index (χ0v) is 18.6. The van der Waals surface area contributed by atoms with E-state index < -0.39 is 0 Å². The summed E-state index contributed by atoms with van der Waals surface area (Å²) in [5, 5.41) is 2.32. The molecule has 0 amide bonds. The molecule has 0 aliphatic heterocycles. The summed E-state index contributed by atoms with van der Waals surface area (Å²) in [5.74, 6) is 0.557. The van der Waals surface area contributed by atoms with Crippen molar-refractivity contribution in [2.24, 2.45) is 0 Å². The predicted molar refractivity (Wildman–Crippen MR) is 132 cm³/mol. The van der Waals surface area contributed by atoms with Gasteiger partial charge in [-0.2, -0.15) is 0 Å². The number of hydrogen-bond acceptors (Lipinski definition) is 2. The number of nitrogens with zero attached hydrogens (tertiary/aromatic N) is 2. The van der Waals surface area contributed by atoms with Crippen LogP contribution in [0.2, 0.25) is 5.02 Å². The molecule has 2 aromatic heterocycles. The molecule has 0 saturated heterocycles. The second-order valence-electron chi connectivity index (χ2n) is 6.87. The molecule has 5 rings (SSSR count). The van der Waals surface area contributed by atoms with Gasteiger partial charge in [0.15, 0.2) is 0 Å². The first-order valence-corrected chi connectivity index (χ1v) is 10.8. The molecule has 3 aromatic carbocycles. The van der Waals surface area contributed by atoms with Crippen LogP contribution >= 0.6 is 34.2 Å². The quantitative estimate of drug-likeness (QED) is 0.282. The lowest BCUT2D eigenvalue weighted by Crippen LogP contribution is -2.22.